The first kappa shape index (κ1) is 12.1. The highest BCUT2D eigenvalue weighted by Crippen LogP contribution is 2.22. The fourth-order valence-electron chi connectivity index (χ4n) is 1.78. The molecule has 1 atom stereocenters. The lowest BCUT2D eigenvalue weighted by molar-refractivity contribution is 0.531. The average Bonchev–Trinajstić information content (AvgIpc) is 2.84. The minimum absolute atomic E-state index is 0.0155. The Morgan fingerprint density at radius 2 is 2.24 bits per heavy atom. The summed E-state index contributed by atoms with van der Waals surface area (Å²) in [6.07, 6.45) is 3.79. The molecule has 1 aromatic carbocycles. The van der Waals surface area contributed by atoms with Crippen molar-refractivity contribution >= 4 is 11.6 Å². The van der Waals surface area contributed by atoms with Gasteiger partial charge in [0.15, 0.2) is 0 Å². The zero-order chi connectivity index (χ0) is 12.3. The molecule has 0 aliphatic carbocycles. The molecule has 1 N–H and O–H groups in total. The van der Waals surface area contributed by atoms with E-state index in [0.717, 1.165) is 5.56 Å². The normalized spacial score (nSPS) is 12.6. The zero-order valence-electron chi connectivity index (χ0n) is 9.41. The summed E-state index contributed by atoms with van der Waals surface area (Å²) < 4.78 is 18.6. The molecule has 1 heterocycles. The van der Waals surface area contributed by atoms with Crippen LogP contribution in [0.4, 0.5) is 4.39 Å². The number of halogens is 2. The Hall–Kier alpha value is -1.32. The fourth-order valence-corrected chi connectivity index (χ4v) is 1.97. The molecule has 90 valence electrons. The van der Waals surface area contributed by atoms with Crippen molar-refractivity contribution in [3.63, 3.8) is 0 Å². The standard InChI is InChI=1S/C13H13ClFNO/c1-16-13(9-4-5-17-8-9)7-10-6-11(14)2-3-12(10)15/h2-6,8,13,16H,7H2,1H3. The Balaban J connectivity index is 2.21. The Morgan fingerprint density at radius 1 is 1.41 bits per heavy atom. The van der Waals surface area contributed by atoms with Crippen molar-refractivity contribution in [3.05, 3.63) is 58.8 Å². The third kappa shape index (κ3) is 2.87. The molecule has 0 fully saturated rings. The van der Waals surface area contributed by atoms with Crippen LogP contribution in [0, 0.1) is 5.82 Å². The molecule has 1 unspecified atom stereocenters. The van der Waals surface area contributed by atoms with Gasteiger partial charge in [0.05, 0.1) is 12.5 Å². The molecule has 4 heteroatoms. The van der Waals surface area contributed by atoms with Gasteiger partial charge in [0.1, 0.15) is 5.82 Å². The highest BCUT2D eigenvalue weighted by molar-refractivity contribution is 6.30. The summed E-state index contributed by atoms with van der Waals surface area (Å²) in [7, 11) is 1.83. The largest absolute Gasteiger partial charge is 0.472 e. The number of furan rings is 1. The van der Waals surface area contributed by atoms with Gasteiger partial charge in [0.25, 0.3) is 0 Å². The lowest BCUT2D eigenvalue weighted by Gasteiger charge is -2.15. The molecular weight excluding hydrogens is 241 g/mol. The number of hydrogen-bond acceptors (Lipinski definition) is 2. The van der Waals surface area contributed by atoms with Crippen molar-refractivity contribution in [2.45, 2.75) is 12.5 Å². The second-order valence-electron chi connectivity index (χ2n) is 3.84. The van der Waals surface area contributed by atoms with Crippen molar-refractivity contribution in [2.24, 2.45) is 0 Å². The van der Waals surface area contributed by atoms with E-state index in [9.17, 15) is 4.39 Å². The SMILES string of the molecule is CNC(Cc1cc(Cl)ccc1F)c1ccoc1. The molecule has 2 aromatic rings. The van der Waals surface area contributed by atoms with Gasteiger partial charge in [0, 0.05) is 16.6 Å². The maximum atomic E-state index is 13.6. The van der Waals surface area contributed by atoms with E-state index >= 15 is 0 Å². The van der Waals surface area contributed by atoms with Gasteiger partial charge in [-0.05, 0) is 43.3 Å². The van der Waals surface area contributed by atoms with Crippen LogP contribution >= 0.6 is 11.6 Å². The molecule has 2 nitrogen and oxygen atoms in total. The predicted molar refractivity (Wildman–Crippen MR) is 65.6 cm³/mol. The first-order valence-electron chi connectivity index (χ1n) is 5.34. The Bertz CT molecular complexity index is 484. The summed E-state index contributed by atoms with van der Waals surface area (Å²) in [5.74, 6) is -0.238. The smallest absolute Gasteiger partial charge is 0.126 e. The Labute approximate surface area is 104 Å². The second kappa shape index (κ2) is 5.34. The first-order valence-corrected chi connectivity index (χ1v) is 5.72. The van der Waals surface area contributed by atoms with Crippen LogP contribution in [0.1, 0.15) is 17.2 Å². The summed E-state index contributed by atoms with van der Waals surface area (Å²) >= 11 is 5.86. The molecule has 0 aliphatic heterocycles. The van der Waals surface area contributed by atoms with E-state index < -0.39 is 0 Å². The van der Waals surface area contributed by atoms with E-state index in [1.54, 1.807) is 24.7 Å². The van der Waals surface area contributed by atoms with Gasteiger partial charge in [-0.1, -0.05) is 11.6 Å². The molecule has 17 heavy (non-hydrogen) atoms. The molecule has 0 bridgehead atoms. The van der Waals surface area contributed by atoms with Crippen LogP contribution in [0.25, 0.3) is 0 Å². The van der Waals surface area contributed by atoms with Crippen LogP contribution in [0.3, 0.4) is 0 Å². The lowest BCUT2D eigenvalue weighted by Crippen LogP contribution is -2.18. The van der Waals surface area contributed by atoms with E-state index in [-0.39, 0.29) is 11.9 Å². The monoisotopic (exact) mass is 253 g/mol. The van der Waals surface area contributed by atoms with Gasteiger partial charge < -0.3 is 9.73 Å². The van der Waals surface area contributed by atoms with Gasteiger partial charge in [-0.3, -0.25) is 0 Å². The summed E-state index contributed by atoms with van der Waals surface area (Å²) in [4.78, 5) is 0. The van der Waals surface area contributed by atoms with Gasteiger partial charge >= 0.3 is 0 Å². The summed E-state index contributed by atoms with van der Waals surface area (Å²) in [5.41, 5.74) is 1.59. The summed E-state index contributed by atoms with van der Waals surface area (Å²) in [6.45, 7) is 0. The van der Waals surface area contributed by atoms with E-state index in [1.165, 1.54) is 6.07 Å². The highest BCUT2D eigenvalue weighted by Gasteiger charge is 2.14. The maximum absolute atomic E-state index is 13.6. The number of nitrogens with one attached hydrogen (secondary N) is 1. The van der Waals surface area contributed by atoms with Gasteiger partial charge in [0.2, 0.25) is 0 Å². The van der Waals surface area contributed by atoms with E-state index in [2.05, 4.69) is 5.32 Å². The van der Waals surface area contributed by atoms with Crippen molar-refractivity contribution in [2.75, 3.05) is 7.05 Å². The molecule has 0 amide bonds. The number of rotatable bonds is 4. The van der Waals surface area contributed by atoms with Crippen LogP contribution in [0.5, 0.6) is 0 Å². The van der Waals surface area contributed by atoms with Crippen LogP contribution in [0.15, 0.2) is 41.2 Å². The van der Waals surface area contributed by atoms with E-state index in [4.69, 9.17) is 16.0 Å². The third-order valence-electron chi connectivity index (χ3n) is 2.73. The topological polar surface area (TPSA) is 25.2 Å². The maximum Gasteiger partial charge on any atom is 0.126 e. The fraction of sp³-hybridized carbons (Fsp3) is 0.231. The molecule has 0 radical (unpaired) electrons. The number of likely N-dealkylation sites (N-methyl/N-ethyl adjacent to an activating group) is 1. The minimum atomic E-state index is -0.238. The van der Waals surface area contributed by atoms with Crippen molar-refractivity contribution in [3.8, 4) is 0 Å². The van der Waals surface area contributed by atoms with Crippen LogP contribution in [0.2, 0.25) is 5.02 Å². The predicted octanol–water partition coefficient (Wildman–Crippen LogP) is 3.58. The summed E-state index contributed by atoms with van der Waals surface area (Å²) in [6, 6.07) is 6.47. The average molecular weight is 254 g/mol. The number of hydrogen-bond donors (Lipinski definition) is 1. The van der Waals surface area contributed by atoms with Crippen molar-refractivity contribution in [1.29, 1.82) is 0 Å². The summed E-state index contributed by atoms with van der Waals surface area (Å²) in [5, 5.41) is 3.67. The zero-order valence-corrected chi connectivity index (χ0v) is 10.2. The van der Waals surface area contributed by atoms with Crippen LogP contribution < -0.4 is 5.32 Å². The van der Waals surface area contributed by atoms with Crippen molar-refractivity contribution in [1.82, 2.24) is 5.32 Å². The van der Waals surface area contributed by atoms with Crippen molar-refractivity contribution < 1.29 is 8.81 Å². The molecular formula is C13H13ClFNO. The molecule has 0 aliphatic rings. The molecule has 0 saturated carbocycles. The lowest BCUT2D eigenvalue weighted by atomic mass is 10.0. The number of benzene rings is 1. The van der Waals surface area contributed by atoms with Gasteiger partial charge in [-0.25, -0.2) is 4.39 Å². The first-order chi connectivity index (χ1) is 8.20. The van der Waals surface area contributed by atoms with Crippen LogP contribution in [-0.2, 0) is 6.42 Å². The molecule has 0 spiro atoms. The molecule has 2 rings (SSSR count). The molecule has 1 aromatic heterocycles. The quantitative estimate of drug-likeness (QED) is 0.901. The molecule has 0 saturated heterocycles. The highest BCUT2D eigenvalue weighted by atomic mass is 35.5. The van der Waals surface area contributed by atoms with Gasteiger partial charge in [-0.2, -0.15) is 0 Å². The Morgan fingerprint density at radius 3 is 2.88 bits per heavy atom. The Kier molecular flexibility index (Phi) is 3.82. The van der Waals surface area contributed by atoms with Gasteiger partial charge in [-0.15, -0.1) is 0 Å². The third-order valence-corrected chi connectivity index (χ3v) is 2.96. The second-order valence-corrected chi connectivity index (χ2v) is 4.27. The minimum Gasteiger partial charge on any atom is -0.472 e. The van der Waals surface area contributed by atoms with E-state index in [1.807, 2.05) is 13.1 Å². The van der Waals surface area contributed by atoms with E-state index in [0.29, 0.717) is 17.0 Å². The van der Waals surface area contributed by atoms with Crippen LogP contribution in [-0.4, -0.2) is 7.05 Å².